The van der Waals surface area contributed by atoms with Crippen molar-refractivity contribution < 1.29 is 37.0 Å². The molecule has 29 heavy (non-hydrogen) atoms. The Morgan fingerprint density at radius 2 is 1.55 bits per heavy atom. The van der Waals surface area contributed by atoms with Crippen molar-refractivity contribution in [1.29, 1.82) is 0 Å². The highest BCUT2D eigenvalue weighted by Gasteiger charge is 2.27. The van der Waals surface area contributed by atoms with Crippen molar-refractivity contribution in [3.05, 3.63) is 0 Å². The van der Waals surface area contributed by atoms with Gasteiger partial charge in [-0.05, 0) is 46.1 Å². The second kappa shape index (κ2) is 13.4. The van der Waals surface area contributed by atoms with Gasteiger partial charge in [-0.1, -0.05) is 0 Å². The molecular formula is C17H31N5O7. The van der Waals surface area contributed by atoms with Gasteiger partial charge in [-0.15, -0.1) is 0 Å². The van der Waals surface area contributed by atoms with Gasteiger partial charge >= 0.3 is 11.9 Å². The van der Waals surface area contributed by atoms with Crippen LogP contribution in [0.2, 0.25) is 2.82 Å². The molecule has 0 aliphatic heterocycles. The van der Waals surface area contributed by atoms with E-state index in [9.17, 15) is 24.0 Å². The first kappa shape index (κ1) is 22.6. The van der Waals surface area contributed by atoms with Crippen molar-refractivity contribution in [3.63, 3.8) is 0 Å². The van der Waals surface area contributed by atoms with E-state index in [1.807, 2.05) is 0 Å². The van der Waals surface area contributed by atoms with Gasteiger partial charge in [-0.3, -0.25) is 24.0 Å². The van der Waals surface area contributed by atoms with Crippen LogP contribution in [-0.4, -0.2) is 70.6 Å². The topological polar surface area (TPSA) is 214 Å². The highest BCUT2D eigenvalue weighted by Crippen LogP contribution is 2.04. The molecule has 0 rings (SSSR count). The predicted octanol–water partition coefficient (Wildman–Crippen LogP) is -2.11. The van der Waals surface area contributed by atoms with E-state index in [1.165, 1.54) is 13.8 Å². The second-order valence-electron chi connectivity index (χ2n) is 6.52. The van der Waals surface area contributed by atoms with Crippen LogP contribution in [0.3, 0.4) is 0 Å². The first-order valence-electron chi connectivity index (χ1n) is 10.1. The quantitative estimate of drug-likeness (QED) is 0.153. The van der Waals surface area contributed by atoms with Gasteiger partial charge in [-0.2, -0.15) is 0 Å². The van der Waals surface area contributed by atoms with Crippen molar-refractivity contribution >= 4 is 29.7 Å². The van der Waals surface area contributed by atoms with Gasteiger partial charge < -0.3 is 37.6 Å². The summed E-state index contributed by atoms with van der Waals surface area (Å²) in [6.07, 6.45) is 0.122. The number of aliphatic carboxylic acids is 2. The molecule has 4 atom stereocenters. The zero-order chi connectivity index (χ0) is 24.3. The van der Waals surface area contributed by atoms with Gasteiger partial charge in [0.05, 0.1) is 6.04 Å². The number of hydrogen-bond donors (Lipinski definition) is 7. The molecule has 3 amide bonds. The predicted molar refractivity (Wildman–Crippen MR) is 103 cm³/mol. The number of carboxylic acid groups (broad SMARTS) is 2. The van der Waals surface area contributed by atoms with E-state index < -0.39 is 60.2 Å². The molecule has 12 heteroatoms. The van der Waals surface area contributed by atoms with Crippen LogP contribution >= 0.6 is 0 Å². The molecule has 9 N–H and O–H groups in total. The lowest BCUT2D eigenvalue weighted by molar-refractivity contribution is -0.141. The molecule has 0 fully saturated rings. The largest absolute Gasteiger partial charge is 0.481 e. The number of nitrogens with two attached hydrogens (primary N) is 2. The maximum atomic E-state index is 12.8. The van der Waals surface area contributed by atoms with Crippen LogP contribution < -0.4 is 27.4 Å². The summed E-state index contributed by atoms with van der Waals surface area (Å²) >= 11 is 0. The van der Waals surface area contributed by atoms with E-state index in [1.54, 1.807) is 0 Å². The minimum atomic E-state index is -1.46. The molecular weight excluding hydrogens is 386 g/mol. The minimum Gasteiger partial charge on any atom is -0.481 e. The lowest BCUT2D eigenvalue weighted by Crippen LogP contribution is -2.56. The molecule has 0 aromatic rings. The molecule has 0 aliphatic carbocycles. The second-order valence-corrected chi connectivity index (χ2v) is 6.52. The maximum Gasteiger partial charge on any atom is 0.325 e. The third-order valence-electron chi connectivity index (χ3n) is 3.92. The SMILES string of the molecule is [2H]N(C(=O)[C@H](CCCCN)N([2H])C(=O)[C@@H](N)CCC(=O)O)[C@@H](C)C(=O)N[C@@H](C)C(=O)O. The number of carbonyl (C=O) groups excluding carboxylic acids is 3. The van der Waals surface area contributed by atoms with Gasteiger partial charge in [0.15, 0.2) is 2.82 Å². The van der Waals surface area contributed by atoms with Gasteiger partial charge in [0.1, 0.15) is 18.1 Å². The third-order valence-corrected chi connectivity index (χ3v) is 3.92. The van der Waals surface area contributed by atoms with Crippen molar-refractivity contribution in [2.75, 3.05) is 6.54 Å². The van der Waals surface area contributed by atoms with Crippen molar-refractivity contribution in [2.45, 2.75) is 70.1 Å². The summed E-state index contributed by atoms with van der Waals surface area (Å²) in [5, 5.41) is 20.3. The van der Waals surface area contributed by atoms with Gasteiger partial charge in [0, 0.05) is 6.42 Å². The van der Waals surface area contributed by atoms with Crippen molar-refractivity contribution in [1.82, 2.24) is 15.9 Å². The van der Waals surface area contributed by atoms with Crippen molar-refractivity contribution in [2.24, 2.45) is 11.5 Å². The monoisotopic (exact) mass is 419 g/mol. The number of hydrogen-bond acceptors (Lipinski definition) is 7. The average molecular weight is 419 g/mol. The molecule has 0 heterocycles. The zero-order valence-corrected chi connectivity index (χ0v) is 16.5. The van der Waals surface area contributed by atoms with Crippen LogP contribution in [-0.2, 0) is 24.0 Å². The summed E-state index contributed by atoms with van der Waals surface area (Å²) in [7, 11) is 0. The lowest BCUT2D eigenvalue weighted by Gasteiger charge is -2.23. The van der Waals surface area contributed by atoms with E-state index in [0.29, 0.717) is 24.7 Å². The summed E-state index contributed by atoms with van der Waals surface area (Å²) in [6.45, 7) is 2.70. The van der Waals surface area contributed by atoms with Crippen LogP contribution in [0.25, 0.3) is 0 Å². The maximum absolute atomic E-state index is 12.8. The molecule has 0 radical (unpaired) electrons. The summed E-state index contributed by atoms with van der Waals surface area (Å²) in [5.41, 5.74) is 11.1. The number of carboxylic acids is 2. The minimum absolute atomic E-state index is 0.0355. The highest BCUT2D eigenvalue weighted by molar-refractivity contribution is 5.93. The Bertz CT molecular complexity index is 667. The van der Waals surface area contributed by atoms with Crippen LogP contribution in [0.15, 0.2) is 0 Å². The van der Waals surface area contributed by atoms with E-state index in [2.05, 4.69) is 5.32 Å². The molecule has 12 nitrogen and oxygen atoms in total. The van der Waals surface area contributed by atoms with Crippen molar-refractivity contribution in [3.8, 4) is 0 Å². The Balaban J connectivity index is 5.41. The van der Waals surface area contributed by atoms with Crippen LogP contribution in [0, 0.1) is 0 Å². The standard InChI is InChI=1S/C17H31N5O7/c1-9(14(25)21-10(2)17(28)29)20-16(27)12(5-3-4-8-18)22-15(26)11(19)6-7-13(23)24/h9-12H,3-8,18-19H2,1-2H3,(H,20,27)(H,21,25)(H,22,26)(H,23,24)(H,28,29)/t9-,10-,11-,12-/m0/s1/i/hD2. The molecule has 0 unspecified atom stereocenters. The number of carbonyl (C=O) groups is 5. The molecule has 0 saturated carbocycles. The van der Waals surface area contributed by atoms with Gasteiger partial charge in [-0.25, -0.2) is 0 Å². The highest BCUT2D eigenvalue weighted by atomic mass is 16.4. The number of amides is 3. The molecule has 0 aliphatic rings. The van der Waals surface area contributed by atoms with E-state index >= 15 is 0 Å². The fourth-order valence-corrected chi connectivity index (χ4v) is 2.11. The molecule has 0 spiro atoms. The summed E-state index contributed by atoms with van der Waals surface area (Å²) in [5.74, 6) is -5.43. The summed E-state index contributed by atoms with van der Waals surface area (Å²) in [4.78, 5) is 58.9. The van der Waals surface area contributed by atoms with E-state index in [4.69, 9.17) is 24.5 Å². The molecule has 0 aromatic heterocycles. The Morgan fingerprint density at radius 3 is 2.07 bits per heavy atom. The third kappa shape index (κ3) is 11.0. The first-order chi connectivity index (χ1) is 14.3. The fourth-order valence-electron chi connectivity index (χ4n) is 2.11. The van der Waals surface area contributed by atoms with Gasteiger partial charge in [0.25, 0.3) is 0 Å². The number of rotatable bonds is 14. The number of nitrogens with one attached hydrogen (secondary N) is 3. The van der Waals surface area contributed by atoms with Crippen LogP contribution in [0.4, 0.5) is 0 Å². The Kier molecular flexibility index (Phi) is 10.5. The van der Waals surface area contributed by atoms with E-state index in [-0.39, 0.29) is 18.2 Å². The molecule has 0 bridgehead atoms. The average Bonchev–Trinajstić information content (AvgIpc) is 2.72. The smallest absolute Gasteiger partial charge is 0.325 e. The number of unbranched alkanes of at least 4 members (excludes halogenated alkanes) is 1. The summed E-state index contributed by atoms with van der Waals surface area (Å²) < 4.78 is 16.0. The molecule has 0 saturated heterocycles. The lowest BCUT2D eigenvalue weighted by atomic mass is 10.1. The van der Waals surface area contributed by atoms with Crippen LogP contribution in [0.1, 0.15) is 46.0 Å². The molecule has 166 valence electrons. The van der Waals surface area contributed by atoms with Gasteiger partial charge in [0.2, 0.25) is 17.7 Å². The van der Waals surface area contributed by atoms with E-state index in [0.717, 1.165) is 0 Å². The Hall–Kier alpha value is -2.73. The molecule has 0 aromatic carbocycles. The Morgan fingerprint density at radius 1 is 0.931 bits per heavy atom. The Labute approximate surface area is 171 Å². The zero-order valence-electron chi connectivity index (χ0n) is 18.5. The first-order valence-corrected chi connectivity index (χ1v) is 9.19. The normalized spacial score (nSPS) is 15.7. The summed E-state index contributed by atoms with van der Waals surface area (Å²) in [6, 6.07) is -5.45. The van der Waals surface area contributed by atoms with Crippen LogP contribution in [0.5, 0.6) is 0 Å². The fraction of sp³-hybridized carbons (Fsp3) is 0.706.